The molecule has 0 aromatic rings. The maximum absolute atomic E-state index is 10.5. The summed E-state index contributed by atoms with van der Waals surface area (Å²) in [6, 6.07) is 0. The molecule has 0 unspecified atom stereocenters. The molecule has 1 heteroatoms. The molecule has 0 heterocycles. The molecule has 200 valence electrons. The van der Waals surface area contributed by atoms with Gasteiger partial charge in [-0.1, -0.05) is 175 Å². The van der Waals surface area contributed by atoms with Gasteiger partial charge >= 0.3 is 0 Å². The zero-order chi connectivity index (χ0) is 24.3. The highest BCUT2D eigenvalue weighted by Gasteiger charge is 2.27. The minimum Gasteiger partial charge on any atom is -0.396 e. The third-order valence-electron chi connectivity index (χ3n) is 8.02. The molecule has 1 N–H and O–H groups in total. The molecule has 0 atom stereocenters. The van der Waals surface area contributed by atoms with Crippen LogP contribution in [0.2, 0.25) is 0 Å². The zero-order valence-corrected chi connectivity index (χ0v) is 23.7. The van der Waals surface area contributed by atoms with E-state index in [1.165, 1.54) is 173 Å². The summed E-state index contributed by atoms with van der Waals surface area (Å²) in [5.41, 5.74) is 0.229. The van der Waals surface area contributed by atoms with E-state index in [0.29, 0.717) is 6.61 Å². The Kier molecular flexibility index (Phi) is 26.5. The Hall–Kier alpha value is -0.0400. The van der Waals surface area contributed by atoms with Gasteiger partial charge in [-0.2, -0.15) is 0 Å². The van der Waals surface area contributed by atoms with Crippen molar-refractivity contribution in [1.82, 2.24) is 0 Å². The predicted molar refractivity (Wildman–Crippen MR) is 151 cm³/mol. The fourth-order valence-corrected chi connectivity index (χ4v) is 5.51. The van der Waals surface area contributed by atoms with Gasteiger partial charge in [0, 0.05) is 6.61 Å². The fraction of sp³-hybridized carbons (Fsp3) is 1.00. The van der Waals surface area contributed by atoms with Gasteiger partial charge in [0.25, 0.3) is 0 Å². The first-order chi connectivity index (χ1) is 16.2. The van der Waals surface area contributed by atoms with Gasteiger partial charge in [0.05, 0.1) is 0 Å². The molecule has 0 aliphatic heterocycles. The van der Waals surface area contributed by atoms with E-state index in [-0.39, 0.29) is 5.41 Å². The summed E-state index contributed by atoms with van der Waals surface area (Å²) in [7, 11) is 0. The summed E-state index contributed by atoms with van der Waals surface area (Å²) in [6.45, 7) is 7.32. The van der Waals surface area contributed by atoms with Crippen molar-refractivity contribution >= 4 is 0 Å². The molecule has 0 aromatic carbocycles. The van der Waals surface area contributed by atoms with Crippen LogP contribution in [0.4, 0.5) is 0 Å². The molecule has 0 bridgehead atoms. The predicted octanol–water partition coefficient (Wildman–Crippen LogP) is 11.6. The molecule has 0 saturated heterocycles. The van der Waals surface area contributed by atoms with E-state index >= 15 is 0 Å². The van der Waals surface area contributed by atoms with Crippen LogP contribution in [0.3, 0.4) is 0 Å². The van der Waals surface area contributed by atoms with Gasteiger partial charge in [0.1, 0.15) is 0 Å². The number of hydrogen-bond donors (Lipinski definition) is 1. The average molecular weight is 467 g/mol. The third kappa shape index (κ3) is 22.2. The van der Waals surface area contributed by atoms with Crippen molar-refractivity contribution in [2.75, 3.05) is 6.61 Å². The maximum atomic E-state index is 10.5. The Bertz CT molecular complexity index is 300. The van der Waals surface area contributed by atoms with Gasteiger partial charge in [-0.05, 0) is 24.7 Å². The second-order valence-electron chi connectivity index (χ2n) is 11.3. The lowest BCUT2D eigenvalue weighted by Gasteiger charge is -2.32. The summed E-state index contributed by atoms with van der Waals surface area (Å²) in [4.78, 5) is 0. The summed E-state index contributed by atoms with van der Waals surface area (Å²) < 4.78 is 0. The highest BCUT2D eigenvalue weighted by atomic mass is 16.3. The number of unbranched alkanes of at least 4 members (excludes halogenated alkanes) is 21. The summed E-state index contributed by atoms with van der Waals surface area (Å²) in [5.74, 6) is 0. The SMILES string of the molecule is CCCCCCCCCCC(CO)(CCCCCCCCCC)CCCCCCCCCC. The molecule has 33 heavy (non-hydrogen) atoms. The first-order valence-electron chi connectivity index (χ1n) is 15.9. The third-order valence-corrected chi connectivity index (χ3v) is 8.02. The first-order valence-corrected chi connectivity index (χ1v) is 15.9. The topological polar surface area (TPSA) is 20.2 Å². The van der Waals surface area contributed by atoms with Gasteiger partial charge in [0.2, 0.25) is 0 Å². The van der Waals surface area contributed by atoms with Gasteiger partial charge < -0.3 is 5.11 Å². The van der Waals surface area contributed by atoms with Crippen LogP contribution in [0, 0.1) is 5.41 Å². The monoisotopic (exact) mass is 467 g/mol. The second kappa shape index (κ2) is 26.6. The number of aliphatic hydroxyl groups excluding tert-OH is 1. The molecular formula is C32H66O. The molecule has 0 aliphatic carbocycles. The summed E-state index contributed by atoms with van der Waals surface area (Å²) >= 11 is 0. The number of hydrogen-bond acceptors (Lipinski definition) is 1. The lowest BCUT2D eigenvalue weighted by Crippen LogP contribution is -2.26. The van der Waals surface area contributed by atoms with Crippen molar-refractivity contribution < 1.29 is 5.11 Å². The average Bonchev–Trinajstić information content (AvgIpc) is 2.83. The Labute approximate surface area is 211 Å². The lowest BCUT2D eigenvalue weighted by atomic mass is 9.74. The van der Waals surface area contributed by atoms with Crippen molar-refractivity contribution in [2.24, 2.45) is 5.41 Å². The highest BCUT2D eigenvalue weighted by Crippen LogP contribution is 2.37. The van der Waals surface area contributed by atoms with Crippen molar-refractivity contribution in [1.29, 1.82) is 0 Å². The normalized spacial score (nSPS) is 12.0. The molecule has 0 fully saturated rings. The molecular weight excluding hydrogens is 400 g/mol. The van der Waals surface area contributed by atoms with Crippen LogP contribution >= 0.6 is 0 Å². The van der Waals surface area contributed by atoms with Crippen molar-refractivity contribution in [3.63, 3.8) is 0 Å². The minimum atomic E-state index is 0.229. The standard InChI is InChI=1S/C32H66O/c1-4-7-10-13-16-19-22-25-28-32(31-33,29-26-23-20-17-14-11-8-5-2)30-27-24-21-18-15-12-9-6-3/h33H,4-31H2,1-3H3. The van der Waals surface area contributed by atoms with E-state index in [0.717, 1.165) is 0 Å². The van der Waals surface area contributed by atoms with Crippen molar-refractivity contribution in [2.45, 2.75) is 194 Å². The van der Waals surface area contributed by atoms with Crippen LogP contribution in [-0.4, -0.2) is 11.7 Å². The van der Waals surface area contributed by atoms with Gasteiger partial charge in [-0.3, -0.25) is 0 Å². The molecule has 0 aliphatic rings. The van der Waals surface area contributed by atoms with Crippen LogP contribution in [0.15, 0.2) is 0 Å². The van der Waals surface area contributed by atoms with E-state index in [4.69, 9.17) is 0 Å². The van der Waals surface area contributed by atoms with E-state index in [1.54, 1.807) is 0 Å². The Morgan fingerprint density at radius 3 is 0.758 bits per heavy atom. The molecule has 0 saturated carbocycles. The largest absolute Gasteiger partial charge is 0.396 e. The molecule has 0 rings (SSSR count). The fourth-order valence-electron chi connectivity index (χ4n) is 5.51. The minimum absolute atomic E-state index is 0.229. The maximum Gasteiger partial charge on any atom is 0.0487 e. The van der Waals surface area contributed by atoms with E-state index in [9.17, 15) is 5.11 Å². The molecule has 0 spiro atoms. The Morgan fingerprint density at radius 2 is 0.545 bits per heavy atom. The van der Waals surface area contributed by atoms with E-state index in [2.05, 4.69) is 20.8 Å². The molecule has 0 amide bonds. The van der Waals surface area contributed by atoms with Gasteiger partial charge in [-0.15, -0.1) is 0 Å². The summed E-state index contributed by atoms with van der Waals surface area (Å²) in [6.07, 6.45) is 37.2. The van der Waals surface area contributed by atoms with Crippen molar-refractivity contribution in [3.05, 3.63) is 0 Å². The summed E-state index contributed by atoms with van der Waals surface area (Å²) in [5, 5.41) is 10.5. The highest BCUT2D eigenvalue weighted by molar-refractivity contribution is 4.79. The van der Waals surface area contributed by atoms with Gasteiger partial charge in [0.15, 0.2) is 0 Å². The van der Waals surface area contributed by atoms with E-state index in [1.807, 2.05) is 0 Å². The Morgan fingerprint density at radius 1 is 0.333 bits per heavy atom. The number of rotatable bonds is 28. The smallest absolute Gasteiger partial charge is 0.0487 e. The van der Waals surface area contributed by atoms with Crippen LogP contribution in [0.1, 0.15) is 194 Å². The van der Waals surface area contributed by atoms with Crippen LogP contribution in [0.25, 0.3) is 0 Å². The van der Waals surface area contributed by atoms with Crippen LogP contribution in [-0.2, 0) is 0 Å². The quantitative estimate of drug-likeness (QED) is 0.114. The molecule has 0 radical (unpaired) electrons. The number of aliphatic hydroxyl groups is 1. The second-order valence-corrected chi connectivity index (χ2v) is 11.3. The lowest BCUT2D eigenvalue weighted by molar-refractivity contribution is 0.0856. The van der Waals surface area contributed by atoms with Gasteiger partial charge in [-0.25, -0.2) is 0 Å². The van der Waals surface area contributed by atoms with E-state index < -0.39 is 0 Å². The Balaban J connectivity index is 4.23. The molecule has 0 aromatic heterocycles. The molecule has 1 nitrogen and oxygen atoms in total. The first kappa shape index (κ1) is 33.0. The zero-order valence-electron chi connectivity index (χ0n) is 23.7. The van der Waals surface area contributed by atoms with Crippen LogP contribution < -0.4 is 0 Å². The van der Waals surface area contributed by atoms with Crippen molar-refractivity contribution in [3.8, 4) is 0 Å². The van der Waals surface area contributed by atoms with Crippen LogP contribution in [0.5, 0.6) is 0 Å².